The van der Waals surface area contributed by atoms with Crippen LogP contribution in [-0.2, 0) is 6.42 Å². The minimum absolute atomic E-state index is 0.0333. The first kappa shape index (κ1) is 20.5. The van der Waals surface area contributed by atoms with Gasteiger partial charge in [0.1, 0.15) is 17.4 Å². The number of hydrogen-bond acceptors (Lipinski definition) is 4. The van der Waals surface area contributed by atoms with Crippen LogP contribution in [0.4, 0.5) is 8.78 Å². The van der Waals surface area contributed by atoms with Crippen LogP contribution in [0.5, 0.6) is 5.75 Å². The minimum Gasteiger partial charge on any atom is -0.493 e. The second-order valence-electron chi connectivity index (χ2n) is 5.69. The van der Waals surface area contributed by atoms with E-state index in [9.17, 15) is 18.7 Å². The van der Waals surface area contributed by atoms with E-state index in [0.717, 1.165) is 12.1 Å². The number of ether oxygens (including phenoxy) is 1. The largest absolute Gasteiger partial charge is 0.493 e. The first-order chi connectivity index (χ1) is 12.3. The number of aliphatic hydroxyl groups is 2. The maximum Gasteiger partial charge on any atom is 0.252 e. The van der Waals surface area contributed by atoms with E-state index in [-0.39, 0.29) is 36.3 Å². The fourth-order valence-corrected chi connectivity index (χ4v) is 2.89. The summed E-state index contributed by atoms with van der Waals surface area (Å²) in [7, 11) is 0. The Balaban J connectivity index is 2.34. The summed E-state index contributed by atoms with van der Waals surface area (Å²) >= 11 is 1.97. The van der Waals surface area contributed by atoms with Gasteiger partial charge in [-0.25, -0.2) is 8.78 Å². The smallest absolute Gasteiger partial charge is 0.252 e. The summed E-state index contributed by atoms with van der Waals surface area (Å²) in [6, 6.07) is 6.74. The van der Waals surface area contributed by atoms with Crippen molar-refractivity contribution in [2.24, 2.45) is 5.73 Å². The molecule has 0 bridgehead atoms. The van der Waals surface area contributed by atoms with E-state index < -0.39 is 30.3 Å². The number of carbonyl (C=O) groups excluding carboxylic acids is 1. The van der Waals surface area contributed by atoms with Gasteiger partial charge in [-0.15, -0.1) is 0 Å². The van der Waals surface area contributed by atoms with Crippen LogP contribution in [-0.4, -0.2) is 35.4 Å². The lowest BCUT2D eigenvalue weighted by Crippen LogP contribution is -2.19. The molecule has 2 rings (SSSR count). The molecule has 0 aliphatic heterocycles. The SMILES string of the molecule is NC(=O)c1c(Cc2ccc(I)cc2F)cc(F)cc1OCCC(O)CO. The van der Waals surface area contributed by atoms with Crippen LogP contribution < -0.4 is 10.5 Å². The van der Waals surface area contributed by atoms with Crippen molar-refractivity contribution in [2.45, 2.75) is 18.9 Å². The fraction of sp³-hybridized carbons (Fsp3) is 0.278. The highest BCUT2D eigenvalue weighted by Crippen LogP contribution is 2.27. The van der Waals surface area contributed by atoms with Crippen LogP contribution in [0.2, 0.25) is 0 Å². The van der Waals surface area contributed by atoms with Crippen molar-refractivity contribution >= 4 is 28.5 Å². The molecule has 26 heavy (non-hydrogen) atoms. The van der Waals surface area contributed by atoms with Crippen molar-refractivity contribution in [3.05, 3.63) is 62.2 Å². The first-order valence-corrected chi connectivity index (χ1v) is 8.87. The van der Waals surface area contributed by atoms with Gasteiger partial charge in [0, 0.05) is 22.5 Å². The molecule has 5 nitrogen and oxygen atoms in total. The minimum atomic E-state index is -0.985. The summed E-state index contributed by atoms with van der Waals surface area (Å²) in [6.07, 6.45) is -0.929. The molecule has 0 spiro atoms. The summed E-state index contributed by atoms with van der Waals surface area (Å²) in [5.41, 5.74) is 5.87. The van der Waals surface area contributed by atoms with E-state index in [4.69, 9.17) is 15.6 Å². The summed E-state index contributed by atoms with van der Waals surface area (Å²) in [5, 5.41) is 18.1. The van der Waals surface area contributed by atoms with Gasteiger partial charge in [0.2, 0.25) is 0 Å². The van der Waals surface area contributed by atoms with Crippen molar-refractivity contribution in [3.8, 4) is 5.75 Å². The first-order valence-electron chi connectivity index (χ1n) is 7.79. The fourth-order valence-electron chi connectivity index (χ4n) is 2.44. The lowest BCUT2D eigenvalue weighted by Gasteiger charge is -2.15. The Morgan fingerprint density at radius 3 is 2.58 bits per heavy atom. The number of nitrogens with two attached hydrogens (primary N) is 1. The number of primary amides is 1. The molecule has 0 aromatic heterocycles. The van der Waals surface area contributed by atoms with Gasteiger partial charge in [-0.1, -0.05) is 6.07 Å². The number of carbonyl (C=O) groups is 1. The molecule has 8 heteroatoms. The third-order valence-corrected chi connectivity index (χ3v) is 4.38. The molecule has 1 unspecified atom stereocenters. The number of aliphatic hydroxyl groups excluding tert-OH is 2. The van der Waals surface area contributed by atoms with Crippen molar-refractivity contribution in [1.82, 2.24) is 0 Å². The molecular weight excluding hydrogens is 459 g/mol. The molecule has 4 N–H and O–H groups in total. The third kappa shape index (κ3) is 5.36. The van der Waals surface area contributed by atoms with Crippen molar-refractivity contribution in [3.63, 3.8) is 0 Å². The van der Waals surface area contributed by atoms with Crippen molar-refractivity contribution in [2.75, 3.05) is 13.2 Å². The molecule has 0 aliphatic carbocycles. The topological polar surface area (TPSA) is 92.8 Å². The summed E-state index contributed by atoms with van der Waals surface area (Å²) in [6.45, 7) is -0.491. The number of benzene rings is 2. The highest BCUT2D eigenvalue weighted by molar-refractivity contribution is 14.1. The predicted octanol–water partition coefficient (Wildman–Crippen LogP) is 2.38. The van der Waals surface area contributed by atoms with E-state index in [1.807, 2.05) is 22.6 Å². The summed E-state index contributed by atoms with van der Waals surface area (Å²) in [4.78, 5) is 11.9. The number of rotatable bonds is 8. The molecule has 0 aliphatic rings. The monoisotopic (exact) mass is 477 g/mol. The van der Waals surface area contributed by atoms with Gasteiger partial charge in [0.05, 0.1) is 24.9 Å². The molecule has 140 valence electrons. The Morgan fingerprint density at radius 1 is 1.23 bits per heavy atom. The van der Waals surface area contributed by atoms with E-state index in [2.05, 4.69) is 0 Å². The van der Waals surface area contributed by atoms with Crippen LogP contribution in [0.15, 0.2) is 30.3 Å². The Morgan fingerprint density at radius 2 is 1.96 bits per heavy atom. The maximum atomic E-state index is 14.1. The zero-order valence-electron chi connectivity index (χ0n) is 13.7. The Bertz CT molecular complexity index is 801. The molecular formula is C18H18F2INO4. The van der Waals surface area contributed by atoms with Crippen molar-refractivity contribution < 1.29 is 28.5 Å². The zero-order valence-corrected chi connectivity index (χ0v) is 15.9. The molecule has 0 heterocycles. The second-order valence-corrected chi connectivity index (χ2v) is 6.93. The maximum absolute atomic E-state index is 14.1. The molecule has 1 amide bonds. The van der Waals surface area contributed by atoms with E-state index in [1.54, 1.807) is 12.1 Å². The predicted molar refractivity (Wildman–Crippen MR) is 100 cm³/mol. The Kier molecular flexibility index (Phi) is 7.30. The third-order valence-electron chi connectivity index (χ3n) is 3.71. The average Bonchev–Trinajstić information content (AvgIpc) is 2.56. The van der Waals surface area contributed by atoms with E-state index in [0.29, 0.717) is 9.13 Å². The van der Waals surface area contributed by atoms with Gasteiger partial charge in [0.15, 0.2) is 0 Å². The van der Waals surface area contributed by atoms with Gasteiger partial charge >= 0.3 is 0 Å². The van der Waals surface area contributed by atoms with Gasteiger partial charge in [-0.2, -0.15) is 0 Å². The van der Waals surface area contributed by atoms with Gasteiger partial charge in [-0.05, 0) is 51.9 Å². The number of hydrogen-bond donors (Lipinski definition) is 3. The number of amides is 1. The lowest BCUT2D eigenvalue weighted by molar-refractivity contribution is 0.0750. The summed E-state index contributed by atoms with van der Waals surface area (Å²) in [5.74, 6) is -2.04. The standard InChI is InChI=1S/C18H18F2INO4/c19-12-6-11(5-10-1-2-13(21)8-15(10)20)17(18(22)25)16(7-12)26-4-3-14(24)9-23/h1-2,6-8,14,23-24H,3-5,9H2,(H2,22,25). The molecule has 0 fully saturated rings. The molecule has 0 saturated heterocycles. The van der Waals surface area contributed by atoms with Gasteiger partial charge in [-0.3, -0.25) is 4.79 Å². The van der Waals surface area contributed by atoms with Crippen LogP contribution in [0.1, 0.15) is 27.9 Å². The second kappa shape index (κ2) is 9.24. The molecule has 0 saturated carbocycles. The number of halogens is 3. The van der Waals surface area contributed by atoms with Gasteiger partial charge in [0.25, 0.3) is 5.91 Å². The molecule has 1 atom stereocenters. The normalized spacial score (nSPS) is 12.0. The van der Waals surface area contributed by atoms with Crippen LogP contribution >= 0.6 is 22.6 Å². The van der Waals surface area contributed by atoms with Crippen molar-refractivity contribution in [1.29, 1.82) is 0 Å². The molecule has 0 radical (unpaired) electrons. The quantitative estimate of drug-likeness (QED) is 0.510. The average molecular weight is 477 g/mol. The highest BCUT2D eigenvalue weighted by atomic mass is 127. The summed E-state index contributed by atoms with van der Waals surface area (Å²) < 4.78 is 34.2. The highest BCUT2D eigenvalue weighted by Gasteiger charge is 2.19. The van der Waals surface area contributed by atoms with Crippen LogP contribution in [0.3, 0.4) is 0 Å². The lowest BCUT2D eigenvalue weighted by atomic mass is 9.98. The zero-order chi connectivity index (χ0) is 19.3. The molecule has 2 aromatic carbocycles. The van der Waals surface area contributed by atoms with E-state index >= 15 is 0 Å². The van der Waals surface area contributed by atoms with Gasteiger partial charge < -0.3 is 20.7 Å². The van der Waals surface area contributed by atoms with Crippen LogP contribution in [0.25, 0.3) is 0 Å². The molecule has 2 aromatic rings. The Hall–Kier alpha value is -1.78. The van der Waals surface area contributed by atoms with E-state index in [1.165, 1.54) is 6.07 Å². The van der Waals surface area contributed by atoms with Crippen LogP contribution in [0, 0.1) is 15.2 Å². The Labute approximate surface area is 162 Å².